The Morgan fingerprint density at radius 2 is 0.798 bits per heavy atom. The van der Waals surface area contributed by atoms with E-state index in [0.29, 0.717) is 44.1 Å². The van der Waals surface area contributed by atoms with Crippen LogP contribution in [0.5, 0.6) is 0 Å². The Kier molecular flexibility index (Phi) is 45.0. The van der Waals surface area contributed by atoms with Gasteiger partial charge in [-0.05, 0) is 108 Å². The molecule has 28 N–H and O–H groups in total. The van der Waals surface area contributed by atoms with Crippen LogP contribution in [0.1, 0.15) is 130 Å². The number of carbonyl (C=O) groups is 21. The minimum absolute atomic E-state index is 0.000744. The number of benzene rings is 1. The van der Waals surface area contributed by atoms with E-state index in [2.05, 4.69) is 90.4 Å². The van der Waals surface area contributed by atoms with E-state index in [1.807, 2.05) is 0 Å². The minimum atomic E-state index is -1.75. The summed E-state index contributed by atoms with van der Waals surface area (Å²) in [6.07, 6.45) is 1.05. The van der Waals surface area contributed by atoms with E-state index in [-0.39, 0.29) is 90.5 Å². The van der Waals surface area contributed by atoms with Gasteiger partial charge in [-0.1, -0.05) is 64.4 Å². The summed E-state index contributed by atoms with van der Waals surface area (Å²) in [7, 11) is 0. The molecule has 688 valence electrons. The van der Waals surface area contributed by atoms with Gasteiger partial charge >= 0.3 is 5.97 Å². The zero-order valence-electron chi connectivity index (χ0n) is 70.2. The highest BCUT2D eigenvalue weighted by molar-refractivity contribution is 6.00. The Hall–Kier alpha value is -12.8. The van der Waals surface area contributed by atoms with Crippen molar-refractivity contribution >= 4 is 130 Å². The first kappa shape index (κ1) is 104. The van der Waals surface area contributed by atoms with E-state index in [4.69, 9.17) is 33.5 Å². The Balaban J connectivity index is 1.26. The average Bonchev–Trinajstić information content (AvgIpc) is 1.70. The molecule has 3 aliphatic heterocycles. The Morgan fingerprint density at radius 1 is 0.435 bits per heavy atom. The minimum Gasteiger partial charge on any atom is -0.480 e. The molecule has 48 nitrogen and oxygen atoms in total. The van der Waals surface area contributed by atoms with Crippen molar-refractivity contribution < 1.29 is 111 Å². The standard InChI is InChI=1S/C76H121N25O23/c1-6-42(4)64(74(123)87-33-54(105)93-46(18-10-11-25-77)67(116)83-31-55(106)95-48(30-44-16-8-7-9-17-44)69(118)85-34-56(107)96-63(41(2)3)73(122)91-39-61(112)101-29-15-22-51(101)72(121)92-40-62(113)114)97-57(108)36-88-75(124)65(43(5)102)98-58(109)35-84-68(117)47(19-12-26-82-76(80)81)94-53(104)32-86-70(119)49-20-13-27-99(49)60(111)38-90-71(120)50-21-14-28-100(50)59(110)37-89-66(115)45(78)23-24-52(79)103/h7-9,16-17,41-43,45-51,63-65,102H,6,10-15,18-40,77-78H2,1-5H3,(H2,79,103)(H,83,116)(H,84,117)(H,85,118)(H,86,119)(H,87,123)(H,88,124)(H,89,115)(H,90,120)(H,91,122)(H,92,121)(H,93,105)(H,94,104)(H,95,106)(H,96,107)(H,97,108)(H,98,109)(H,113,114)(H4,80,81,82)/t42-,43+,45-,46-,47-,48-,49-,50-,51-,63-,64-,65-/m0/s1. The number of guanidine groups is 1. The number of aliphatic hydroxyl groups is 1. The summed E-state index contributed by atoms with van der Waals surface area (Å²) in [5, 5.41) is 68.2. The van der Waals surface area contributed by atoms with E-state index in [1.54, 1.807) is 58.0 Å². The molecule has 0 radical (unpaired) electrons. The van der Waals surface area contributed by atoms with Crippen LogP contribution in [0.2, 0.25) is 0 Å². The lowest BCUT2D eigenvalue weighted by atomic mass is 9.98. The number of carboxylic acid groups (broad SMARTS) is 1. The maximum Gasteiger partial charge on any atom is 0.322 e. The summed E-state index contributed by atoms with van der Waals surface area (Å²) in [4.78, 5) is 279. The second-order valence-electron chi connectivity index (χ2n) is 30.2. The molecule has 0 spiro atoms. The fraction of sp³-hybridized carbons (Fsp3) is 0.632. The maximum atomic E-state index is 13.7. The van der Waals surface area contributed by atoms with Gasteiger partial charge in [-0.25, -0.2) is 0 Å². The predicted octanol–water partition coefficient (Wildman–Crippen LogP) is -11.6. The molecule has 48 heteroatoms. The van der Waals surface area contributed by atoms with Crippen LogP contribution in [0.25, 0.3) is 0 Å². The molecule has 0 bridgehead atoms. The highest BCUT2D eigenvalue weighted by Crippen LogP contribution is 2.21. The van der Waals surface area contributed by atoms with Crippen molar-refractivity contribution in [3.05, 3.63) is 35.9 Å². The monoisotopic (exact) mass is 1750 g/mol. The van der Waals surface area contributed by atoms with Crippen molar-refractivity contribution in [1.82, 2.24) is 105 Å². The summed E-state index contributed by atoms with van der Waals surface area (Å²) in [5.74, 6) is -18.9. The number of hydrogen-bond acceptors (Lipinski definition) is 25. The van der Waals surface area contributed by atoms with Crippen LogP contribution in [0.3, 0.4) is 0 Å². The molecule has 20 amide bonds. The number of carboxylic acids is 1. The molecule has 1 aromatic rings. The van der Waals surface area contributed by atoms with E-state index in [1.165, 1.54) is 14.7 Å². The number of primary amides is 1. The SMILES string of the molecule is CC[C@H](C)[C@H](NC(=O)CNC(=O)[C@@H](NC(=O)CNC(=O)[C@H](CCCNC(=N)N)NC(=O)CNC(=O)[C@@H]1CCCN1C(=O)CNC(=O)[C@@H]1CCCN1C(=O)CNC(=O)[C@@H](N)CCC(N)=O)[C@@H](C)O)C(=O)NCC(=O)N[C@@H](CCCCN)C(=O)NCC(=O)N[C@@H](Cc1ccccc1)C(=O)NCC(=O)N[C@H](C(=O)NCC(=O)N1CCC[C@H]1C(=O)NCC(=O)O)C(C)C. The van der Waals surface area contributed by atoms with Crippen molar-refractivity contribution in [2.24, 2.45) is 34.8 Å². The van der Waals surface area contributed by atoms with E-state index < -0.39 is 274 Å². The largest absolute Gasteiger partial charge is 0.480 e. The smallest absolute Gasteiger partial charge is 0.322 e. The van der Waals surface area contributed by atoms with Crippen LogP contribution >= 0.6 is 0 Å². The number of carbonyl (C=O) groups excluding carboxylic acids is 20. The van der Waals surface area contributed by atoms with Crippen molar-refractivity contribution in [2.45, 2.75) is 197 Å². The van der Waals surface area contributed by atoms with E-state index >= 15 is 0 Å². The summed E-state index contributed by atoms with van der Waals surface area (Å²) in [6, 6.07) is -4.04. The molecule has 4 rings (SSSR count). The lowest BCUT2D eigenvalue weighted by Crippen LogP contribution is -2.57. The van der Waals surface area contributed by atoms with Crippen molar-refractivity contribution in [3.63, 3.8) is 0 Å². The number of rotatable bonds is 53. The topological polar surface area (TPSA) is 741 Å². The van der Waals surface area contributed by atoms with Crippen molar-refractivity contribution in [2.75, 3.05) is 98.2 Å². The number of hydrogen-bond donors (Lipinski definition) is 24. The van der Waals surface area contributed by atoms with Crippen LogP contribution in [-0.2, 0) is 107 Å². The molecule has 0 aliphatic carbocycles. The highest BCUT2D eigenvalue weighted by Gasteiger charge is 2.40. The number of nitrogens with zero attached hydrogens (tertiary/aromatic N) is 3. The van der Waals surface area contributed by atoms with Gasteiger partial charge in [-0.2, -0.15) is 0 Å². The molecule has 3 fully saturated rings. The van der Waals surface area contributed by atoms with Gasteiger partial charge in [-0.15, -0.1) is 0 Å². The van der Waals surface area contributed by atoms with Gasteiger partial charge in [0.2, 0.25) is 118 Å². The second-order valence-corrected chi connectivity index (χ2v) is 30.2. The van der Waals surface area contributed by atoms with Crippen LogP contribution in [-0.4, -0.2) is 320 Å². The van der Waals surface area contributed by atoms with Gasteiger partial charge in [0.25, 0.3) is 0 Å². The molecular weight excluding hydrogens is 1630 g/mol. The zero-order valence-corrected chi connectivity index (χ0v) is 70.2. The van der Waals surface area contributed by atoms with Crippen molar-refractivity contribution in [3.8, 4) is 0 Å². The van der Waals surface area contributed by atoms with Crippen LogP contribution in [0.15, 0.2) is 30.3 Å². The summed E-state index contributed by atoms with van der Waals surface area (Å²) in [5.41, 5.74) is 22.6. The third kappa shape index (κ3) is 36.9. The lowest BCUT2D eigenvalue weighted by Gasteiger charge is -2.26. The fourth-order valence-corrected chi connectivity index (χ4v) is 13.3. The Labute approximate surface area is 715 Å². The first-order valence-electron chi connectivity index (χ1n) is 40.9. The first-order chi connectivity index (χ1) is 58.7. The number of aliphatic hydroxyl groups excluding tert-OH is 1. The van der Waals surface area contributed by atoms with Gasteiger partial charge in [0.05, 0.1) is 71.0 Å². The number of aliphatic carboxylic acids is 1. The Bertz CT molecular complexity index is 3950. The fourth-order valence-electron chi connectivity index (χ4n) is 13.3. The van der Waals surface area contributed by atoms with E-state index in [9.17, 15) is 106 Å². The van der Waals surface area contributed by atoms with Gasteiger partial charge in [0, 0.05) is 39.0 Å². The molecule has 3 heterocycles. The molecule has 3 aliphatic rings. The number of unbranched alkanes of at least 4 members (excludes halogenated alkanes) is 1. The molecule has 12 atom stereocenters. The molecule has 1 aromatic carbocycles. The normalized spacial score (nSPS) is 16.8. The first-order valence-corrected chi connectivity index (χ1v) is 40.9. The summed E-state index contributed by atoms with van der Waals surface area (Å²) >= 11 is 0. The second kappa shape index (κ2) is 53.9. The predicted molar refractivity (Wildman–Crippen MR) is 438 cm³/mol. The average molecular weight is 1750 g/mol. The molecular formula is C76H121N25O23. The van der Waals surface area contributed by atoms with Gasteiger partial charge < -0.3 is 138 Å². The maximum absolute atomic E-state index is 13.7. The van der Waals surface area contributed by atoms with E-state index in [0.717, 1.165) is 6.92 Å². The lowest BCUT2D eigenvalue weighted by molar-refractivity contribution is -0.141. The third-order valence-electron chi connectivity index (χ3n) is 20.2. The number of likely N-dealkylation sites (tertiary alicyclic amines) is 3. The molecule has 124 heavy (non-hydrogen) atoms. The summed E-state index contributed by atoms with van der Waals surface area (Å²) in [6.45, 7) is 1.59. The number of nitrogens with one attached hydrogen (secondary N) is 18. The van der Waals surface area contributed by atoms with Crippen LogP contribution in [0.4, 0.5) is 0 Å². The molecule has 3 saturated heterocycles. The third-order valence-corrected chi connectivity index (χ3v) is 20.2. The van der Waals surface area contributed by atoms with Gasteiger partial charge in [0.1, 0.15) is 60.9 Å². The molecule has 0 unspecified atom stereocenters. The highest BCUT2D eigenvalue weighted by atomic mass is 16.4. The van der Waals surface area contributed by atoms with Gasteiger partial charge in [-0.3, -0.25) is 106 Å². The number of amides is 20. The van der Waals surface area contributed by atoms with Crippen LogP contribution in [0, 0.1) is 17.2 Å². The Morgan fingerprint density at radius 3 is 1.23 bits per heavy atom. The van der Waals surface area contributed by atoms with Crippen LogP contribution < -0.4 is 113 Å². The molecule has 0 saturated carbocycles. The van der Waals surface area contributed by atoms with Gasteiger partial charge in [0.15, 0.2) is 5.96 Å². The summed E-state index contributed by atoms with van der Waals surface area (Å²) < 4.78 is 0. The molecule has 0 aromatic heterocycles. The van der Waals surface area contributed by atoms with Crippen molar-refractivity contribution in [1.29, 1.82) is 5.41 Å². The number of nitrogens with two attached hydrogens (primary N) is 4. The quantitative estimate of drug-likeness (QED) is 0.0164. The zero-order chi connectivity index (χ0) is 92.3.